The molecule has 14 fully saturated rings. The van der Waals surface area contributed by atoms with Crippen LogP contribution in [0.15, 0.2) is 48.8 Å². The Morgan fingerprint density at radius 1 is 0.756 bits per heavy atom. The number of hydrogen-bond acceptors (Lipinski definition) is 2. The molecule has 0 N–H and O–H groups in total. The van der Waals surface area contributed by atoms with Crippen molar-refractivity contribution in [2.24, 2.45) is 29.1 Å². The minimum absolute atomic E-state index is 0.532. The number of hydrogen-bond donors (Lipinski definition) is 0. The molecule has 10 saturated heterocycles. The molecular formula is C38H52FeN2P2Si2. The van der Waals surface area contributed by atoms with Crippen LogP contribution in [0.3, 0.4) is 0 Å². The predicted octanol–water partition coefficient (Wildman–Crippen LogP) is 9.85. The molecule has 1 spiro atoms. The van der Waals surface area contributed by atoms with Gasteiger partial charge in [-0.1, -0.05) is 0 Å². The standard InChI is InChI=1S/C33H47N2P2Si2.C5H5.Fe/c1-38(2,3)28-20-25(21-37(29-11-7-9-13-34-29)30-12-8-10-14-35-30)31(32(28)39(4,5)6)33(22-36)26-16-23-15-24(18-26)19-27(33)17-23;1-2-4-5-3-1;/h7-14,20,23-24,26-27H,15-19,21-22,36H2,1-6H3;1-5H;. The van der Waals surface area contributed by atoms with E-state index in [1.165, 1.54) is 52.1 Å². The van der Waals surface area contributed by atoms with Gasteiger partial charge in [0.15, 0.2) is 0 Å². The van der Waals surface area contributed by atoms with Gasteiger partial charge in [0.25, 0.3) is 0 Å². The van der Waals surface area contributed by atoms with Gasteiger partial charge in [-0.2, -0.15) is 0 Å². The summed E-state index contributed by atoms with van der Waals surface area (Å²) in [5, 5.41) is 0. The summed E-state index contributed by atoms with van der Waals surface area (Å²) in [6.45, 7) is 13.6. The van der Waals surface area contributed by atoms with Gasteiger partial charge in [0.1, 0.15) is 0 Å². The Hall–Kier alpha value is 0.113. The predicted molar refractivity (Wildman–Crippen MR) is 194 cm³/mol. The van der Waals surface area contributed by atoms with E-state index in [1.54, 1.807) is 32.1 Å². The van der Waals surface area contributed by atoms with Crippen LogP contribution in [0.5, 0.6) is 0 Å². The first-order chi connectivity index (χ1) is 21.3. The van der Waals surface area contributed by atoms with Crippen LogP contribution in [0, 0.1) is 29.1 Å². The Balaban J connectivity index is 1.11. The molecule has 0 radical (unpaired) electrons. The Labute approximate surface area is 266 Å². The normalized spacial score (nSPS) is 72.1. The summed E-state index contributed by atoms with van der Waals surface area (Å²) < 4.78 is 3.49. The van der Waals surface area contributed by atoms with Crippen LogP contribution >= 0.6 is 17.2 Å². The van der Waals surface area contributed by atoms with E-state index in [2.05, 4.69) is 97.3 Å². The topological polar surface area (TPSA) is 25.8 Å². The Morgan fingerprint density at radius 3 is 1.64 bits per heavy atom. The first-order valence-electron chi connectivity index (χ1n) is 18.8. The van der Waals surface area contributed by atoms with Crippen LogP contribution in [-0.4, -0.2) is 38.4 Å². The van der Waals surface area contributed by atoms with Gasteiger partial charge in [0, 0.05) is 0 Å². The molecule has 0 aromatic carbocycles. The monoisotopic (exact) mass is 710 g/mol. The number of fused-ring (bicyclic) bond motifs is 11. The summed E-state index contributed by atoms with van der Waals surface area (Å²) in [6.07, 6.45) is 15.3. The van der Waals surface area contributed by atoms with Crippen LogP contribution in [0.4, 0.5) is 0 Å². The molecule has 4 saturated carbocycles. The first kappa shape index (κ1) is 25.1. The zero-order valence-electron chi connectivity index (χ0n) is 28.1. The average molecular weight is 711 g/mol. The third-order valence-electron chi connectivity index (χ3n) is 25.4. The van der Waals surface area contributed by atoms with Crippen molar-refractivity contribution in [2.45, 2.75) is 117 Å². The molecule has 6 atom stereocenters. The molecule has 4 aliphatic carbocycles. The molecule has 12 heterocycles. The van der Waals surface area contributed by atoms with E-state index in [-0.39, 0.29) is 0 Å². The minimum atomic E-state index is -4.32. The van der Waals surface area contributed by atoms with Gasteiger partial charge < -0.3 is 0 Å². The van der Waals surface area contributed by atoms with Crippen LogP contribution in [0.2, 0.25) is 84.7 Å². The molecule has 10 aliphatic heterocycles. The van der Waals surface area contributed by atoms with Gasteiger partial charge in [0.2, 0.25) is 0 Å². The molecule has 2 nitrogen and oxygen atoms in total. The van der Waals surface area contributed by atoms with Crippen molar-refractivity contribution in [3.8, 4) is 0 Å². The van der Waals surface area contributed by atoms with E-state index in [0.717, 1.165) is 40.2 Å². The third kappa shape index (κ3) is 0.653. The second-order valence-corrected chi connectivity index (χ2v) is 59.7. The molecule has 240 valence electrons. The zero-order chi connectivity index (χ0) is 30.3. The molecule has 16 rings (SSSR count). The van der Waals surface area contributed by atoms with E-state index < -0.39 is 30.6 Å². The average Bonchev–Trinajstić information content (AvgIpc) is 3.95. The van der Waals surface area contributed by atoms with Gasteiger partial charge in [-0.3, -0.25) is 0 Å². The fourth-order valence-electron chi connectivity index (χ4n) is 30.7. The molecule has 2 aromatic heterocycles. The van der Waals surface area contributed by atoms with E-state index in [9.17, 15) is 0 Å². The summed E-state index contributed by atoms with van der Waals surface area (Å²) in [7, 11) is 0.144. The van der Waals surface area contributed by atoms with Gasteiger partial charge in [0.05, 0.1) is 0 Å². The van der Waals surface area contributed by atoms with Crippen LogP contribution in [0.25, 0.3) is 0 Å². The second kappa shape index (κ2) is 4.00. The Morgan fingerprint density at radius 2 is 1.27 bits per heavy atom. The summed E-state index contributed by atoms with van der Waals surface area (Å²) in [4.78, 5) is 18.4. The van der Waals surface area contributed by atoms with E-state index in [1.807, 2.05) is 0 Å². The molecular weight excluding hydrogens is 658 g/mol. The summed E-state index contributed by atoms with van der Waals surface area (Å²) >= 11 is 0. The fourth-order valence-corrected chi connectivity index (χ4v) is 174. The molecule has 45 heavy (non-hydrogen) atoms. The number of rotatable bonds is 8. The summed E-state index contributed by atoms with van der Waals surface area (Å²) in [5.74, 6) is 4.28. The SMILES string of the molecule is C[Si](C)(C)[C]12[CH]3[C]4(CP(c5ccccn5)c5ccccn5)[C]5(C6(CP)C7CC8CC(C7)CC6C8)[C]1([Si](C)(C)C)[Fe]34521678[CH]2[CH]1[CH]6[CH]7[CH]28. The first-order valence-corrected chi connectivity index (χ1v) is 34.1. The van der Waals surface area contributed by atoms with Gasteiger partial charge in [-0.25, -0.2) is 0 Å². The fraction of sp³-hybridized carbons (Fsp3) is 0.737. The van der Waals surface area contributed by atoms with E-state index in [4.69, 9.17) is 9.97 Å². The summed E-state index contributed by atoms with van der Waals surface area (Å²) in [5.41, 5.74) is 3.49. The number of pyridine rings is 2. The molecule has 7 heteroatoms. The third-order valence-corrected chi connectivity index (χ3v) is 91.7. The van der Waals surface area contributed by atoms with Crippen LogP contribution < -0.4 is 10.9 Å². The van der Waals surface area contributed by atoms with E-state index in [0.29, 0.717) is 5.41 Å². The molecule has 4 bridgehead atoms. The van der Waals surface area contributed by atoms with Gasteiger partial charge in [-0.15, -0.1) is 0 Å². The van der Waals surface area contributed by atoms with Crippen LogP contribution in [-0.2, 0) is 6.51 Å². The Kier molecular flexibility index (Phi) is 2.24. The molecule has 14 aliphatic rings. The second-order valence-electron chi connectivity index (χ2n) is 23.1. The van der Waals surface area contributed by atoms with Crippen molar-refractivity contribution in [1.29, 1.82) is 0 Å². The molecule has 2 aromatic rings. The van der Waals surface area contributed by atoms with Gasteiger partial charge in [-0.05, 0) is 0 Å². The van der Waals surface area contributed by atoms with Gasteiger partial charge >= 0.3 is 268 Å². The molecule has 0 amide bonds. The van der Waals surface area contributed by atoms with Crippen LogP contribution in [0.1, 0.15) is 32.1 Å². The Bertz CT molecular complexity index is 2180. The molecule has 6 unspecified atom stereocenters. The van der Waals surface area contributed by atoms with Crippen molar-refractivity contribution in [3.05, 3.63) is 48.8 Å². The van der Waals surface area contributed by atoms with Crippen molar-refractivity contribution in [1.82, 2.24) is 9.97 Å². The van der Waals surface area contributed by atoms with Crippen molar-refractivity contribution in [3.63, 3.8) is 0 Å². The zero-order valence-corrected chi connectivity index (χ0v) is 33.3. The number of nitrogens with zero attached hydrogens (tertiary/aromatic N) is 2. The van der Waals surface area contributed by atoms with Crippen molar-refractivity contribution >= 4 is 44.2 Å². The van der Waals surface area contributed by atoms with Crippen molar-refractivity contribution < 1.29 is 6.51 Å². The number of aromatic nitrogens is 2. The van der Waals surface area contributed by atoms with Crippen molar-refractivity contribution in [2.75, 3.05) is 12.3 Å². The summed E-state index contributed by atoms with van der Waals surface area (Å²) in [6, 6.07) is 13.7. The maximum atomic E-state index is 5.24. The maximum absolute atomic E-state index is 5.24. The van der Waals surface area contributed by atoms with E-state index >= 15 is 0 Å². The quantitative estimate of drug-likeness (QED) is 0.202.